The van der Waals surface area contributed by atoms with Gasteiger partial charge in [-0.05, 0) is 43.2 Å². The second kappa shape index (κ2) is 6.06. The third-order valence-electron chi connectivity index (χ3n) is 2.66. The molecule has 20 heavy (non-hydrogen) atoms. The van der Waals surface area contributed by atoms with Gasteiger partial charge in [-0.1, -0.05) is 34.8 Å². The van der Waals surface area contributed by atoms with Crippen LogP contribution in [-0.4, -0.2) is 4.98 Å². The number of benzene rings is 1. The Balaban J connectivity index is 2.45. The molecule has 0 unspecified atom stereocenters. The standard InChI is InChI=1S/C13H12Cl3N3O/c1-6-3-8(14)4-7(2)11(6)20-13-10(16)5-9(15)12(18-13)19-17/h3-5H,17H2,1-2H3,(H,18,19). The number of nitrogens with two attached hydrogens (primary N) is 1. The van der Waals surface area contributed by atoms with Crippen LogP contribution in [0.2, 0.25) is 15.1 Å². The Labute approximate surface area is 131 Å². The number of hydrogen-bond acceptors (Lipinski definition) is 4. The molecule has 0 atom stereocenters. The van der Waals surface area contributed by atoms with Crippen LogP contribution >= 0.6 is 34.8 Å². The molecule has 0 radical (unpaired) electrons. The Morgan fingerprint density at radius 2 is 1.65 bits per heavy atom. The molecule has 0 saturated carbocycles. The van der Waals surface area contributed by atoms with Gasteiger partial charge in [-0.3, -0.25) is 0 Å². The molecule has 7 heteroatoms. The van der Waals surface area contributed by atoms with Crippen LogP contribution in [0.25, 0.3) is 0 Å². The van der Waals surface area contributed by atoms with Crippen molar-refractivity contribution in [1.29, 1.82) is 0 Å². The largest absolute Gasteiger partial charge is 0.437 e. The molecule has 0 fully saturated rings. The summed E-state index contributed by atoms with van der Waals surface area (Å²) in [7, 11) is 0. The molecular weight excluding hydrogens is 321 g/mol. The van der Waals surface area contributed by atoms with Crippen LogP contribution in [0.15, 0.2) is 18.2 Å². The normalized spacial score (nSPS) is 10.5. The number of halogens is 3. The maximum atomic E-state index is 6.08. The van der Waals surface area contributed by atoms with Gasteiger partial charge in [0.05, 0.1) is 5.02 Å². The first-order valence-electron chi connectivity index (χ1n) is 5.69. The minimum absolute atomic E-state index is 0.220. The van der Waals surface area contributed by atoms with E-state index in [2.05, 4.69) is 10.4 Å². The van der Waals surface area contributed by atoms with Crippen molar-refractivity contribution in [2.75, 3.05) is 5.43 Å². The molecular formula is C13H12Cl3N3O. The second-order valence-corrected chi connectivity index (χ2v) is 5.47. The van der Waals surface area contributed by atoms with Gasteiger partial charge in [0.15, 0.2) is 5.82 Å². The first-order valence-corrected chi connectivity index (χ1v) is 6.83. The van der Waals surface area contributed by atoms with Crippen LogP contribution in [0.4, 0.5) is 5.82 Å². The van der Waals surface area contributed by atoms with E-state index in [0.29, 0.717) is 20.8 Å². The van der Waals surface area contributed by atoms with E-state index in [-0.39, 0.29) is 11.7 Å². The first-order chi connectivity index (χ1) is 9.42. The number of nitrogens with zero attached hydrogens (tertiary/aromatic N) is 1. The van der Waals surface area contributed by atoms with Gasteiger partial charge in [0.25, 0.3) is 0 Å². The molecule has 2 aromatic rings. The molecule has 1 aromatic heterocycles. The van der Waals surface area contributed by atoms with Crippen molar-refractivity contribution in [2.24, 2.45) is 5.84 Å². The number of pyridine rings is 1. The number of hydrogen-bond donors (Lipinski definition) is 2. The van der Waals surface area contributed by atoms with Gasteiger partial charge in [-0.15, -0.1) is 0 Å². The van der Waals surface area contributed by atoms with Crippen molar-refractivity contribution in [1.82, 2.24) is 4.98 Å². The third-order valence-corrected chi connectivity index (χ3v) is 3.43. The lowest BCUT2D eigenvalue weighted by atomic mass is 10.1. The highest BCUT2D eigenvalue weighted by atomic mass is 35.5. The van der Waals surface area contributed by atoms with Crippen LogP contribution in [0, 0.1) is 13.8 Å². The highest BCUT2D eigenvalue weighted by Crippen LogP contribution is 2.36. The van der Waals surface area contributed by atoms with Gasteiger partial charge >= 0.3 is 0 Å². The molecule has 0 aliphatic rings. The predicted octanol–water partition coefficient (Wildman–Crippen LogP) is 4.74. The zero-order valence-corrected chi connectivity index (χ0v) is 13.1. The molecule has 0 saturated heterocycles. The SMILES string of the molecule is Cc1cc(Cl)cc(C)c1Oc1nc(NN)c(Cl)cc1Cl. The van der Waals surface area contributed by atoms with E-state index in [9.17, 15) is 0 Å². The minimum Gasteiger partial charge on any atom is -0.437 e. The van der Waals surface area contributed by atoms with E-state index < -0.39 is 0 Å². The topological polar surface area (TPSA) is 60.2 Å². The van der Waals surface area contributed by atoms with Crippen molar-refractivity contribution in [3.63, 3.8) is 0 Å². The van der Waals surface area contributed by atoms with Crippen LogP contribution < -0.4 is 16.0 Å². The lowest BCUT2D eigenvalue weighted by molar-refractivity contribution is 0.457. The lowest BCUT2D eigenvalue weighted by Gasteiger charge is -2.14. The Morgan fingerprint density at radius 3 is 2.20 bits per heavy atom. The number of nitrogen functional groups attached to an aromatic ring is 1. The number of aromatic nitrogens is 1. The average molecular weight is 333 g/mol. The summed E-state index contributed by atoms with van der Waals surface area (Å²) in [6.07, 6.45) is 0. The Bertz CT molecular complexity index is 639. The molecule has 106 valence electrons. The summed E-state index contributed by atoms with van der Waals surface area (Å²) in [5.74, 6) is 6.48. The number of aryl methyl sites for hydroxylation is 2. The highest BCUT2D eigenvalue weighted by Gasteiger charge is 2.13. The molecule has 2 rings (SSSR count). The zero-order chi connectivity index (χ0) is 14.9. The van der Waals surface area contributed by atoms with E-state index >= 15 is 0 Å². The van der Waals surface area contributed by atoms with Crippen LogP contribution in [0.1, 0.15) is 11.1 Å². The maximum Gasteiger partial charge on any atom is 0.240 e. The van der Waals surface area contributed by atoms with E-state index in [1.165, 1.54) is 6.07 Å². The van der Waals surface area contributed by atoms with Gasteiger partial charge in [-0.25, -0.2) is 5.84 Å². The Hall–Kier alpha value is -1.20. The molecule has 4 nitrogen and oxygen atoms in total. The molecule has 0 amide bonds. The van der Waals surface area contributed by atoms with Crippen LogP contribution in [-0.2, 0) is 0 Å². The Kier molecular flexibility index (Phi) is 4.60. The van der Waals surface area contributed by atoms with Gasteiger partial charge in [0, 0.05) is 5.02 Å². The zero-order valence-electron chi connectivity index (χ0n) is 10.8. The van der Waals surface area contributed by atoms with Gasteiger partial charge in [0.2, 0.25) is 5.88 Å². The van der Waals surface area contributed by atoms with Crippen LogP contribution in [0.5, 0.6) is 11.6 Å². The molecule has 1 aromatic carbocycles. The fourth-order valence-electron chi connectivity index (χ4n) is 1.78. The molecule has 3 N–H and O–H groups in total. The fourth-order valence-corrected chi connectivity index (χ4v) is 2.56. The second-order valence-electron chi connectivity index (χ2n) is 4.22. The van der Waals surface area contributed by atoms with Crippen molar-refractivity contribution in [3.8, 4) is 11.6 Å². The minimum atomic E-state index is 0.220. The maximum absolute atomic E-state index is 6.08. The van der Waals surface area contributed by atoms with Crippen molar-refractivity contribution >= 4 is 40.6 Å². The smallest absolute Gasteiger partial charge is 0.240 e. The summed E-state index contributed by atoms with van der Waals surface area (Å²) in [6.45, 7) is 3.78. The summed E-state index contributed by atoms with van der Waals surface area (Å²) in [4.78, 5) is 4.14. The van der Waals surface area contributed by atoms with Gasteiger partial charge in [-0.2, -0.15) is 4.98 Å². The summed E-state index contributed by atoms with van der Waals surface area (Å²) >= 11 is 18.0. The van der Waals surface area contributed by atoms with Crippen LogP contribution in [0.3, 0.4) is 0 Å². The summed E-state index contributed by atoms with van der Waals surface area (Å²) in [5.41, 5.74) is 4.14. The summed E-state index contributed by atoms with van der Waals surface area (Å²) in [5, 5.41) is 1.25. The fraction of sp³-hybridized carbons (Fsp3) is 0.154. The van der Waals surface area contributed by atoms with Gasteiger partial charge < -0.3 is 10.2 Å². The molecule has 0 aliphatic heterocycles. The highest BCUT2D eigenvalue weighted by molar-refractivity contribution is 6.36. The molecule has 0 spiro atoms. The Morgan fingerprint density at radius 1 is 1.05 bits per heavy atom. The summed E-state index contributed by atoms with van der Waals surface area (Å²) < 4.78 is 5.77. The monoisotopic (exact) mass is 331 g/mol. The molecule has 0 aliphatic carbocycles. The number of hydrazine groups is 1. The molecule has 0 bridgehead atoms. The number of ether oxygens (including phenoxy) is 1. The van der Waals surface area contributed by atoms with E-state index in [1.54, 1.807) is 12.1 Å². The average Bonchev–Trinajstić information content (AvgIpc) is 2.35. The predicted molar refractivity (Wildman–Crippen MR) is 83.1 cm³/mol. The third kappa shape index (κ3) is 3.10. The van der Waals surface area contributed by atoms with Gasteiger partial charge in [0.1, 0.15) is 10.8 Å². The molecule has 1 heterocycles. The lowest BCUT2D eigenvalue weighted by Crippen LogP contribution is -2.09. The number of anilines is 1. The number of rotatable bonds is 3. The summed E-state index contributed by atoms with van der Waals surface area (Å²) in [6, 6.07) is 5.12. The number of nitrogens with one attached hydrogen (secondary N) is 1. The first kappa shape index (κ1) is 15.2. The van der Waals surface area contributed by atoms with E-state index in [0.717, 1.165) is 11.1 Å². The van der Waals surface area contributed by atoms with E-state index in [1.807, 2.05) is 13.8 Å². The quantitative estimate of drug-likeness (QED) is 0.630. The van der Waals surface area contributed by atoms with Crippen molar-refractivity contribution in [3.05, 3.63) is 44.4 Å². The van der Waals surface area contributed by atoms with E-state index in [4.69, 9.17) is 45.4 Å². The van der Waals surface area contributed by atoms with Crippen molar-refractivity contribution in [2.45, 2.75) is 13.8 Å². The van der Waals surface area contributed by atoms with Crippen molar-refractivity contribution < 1.29 is 4.74 Å².